The first-order valence-corrected chi connectivity index (χ1v) is 26.7. The van der Waals surface area contributed by atoms with Gasteiger partial charge in [0, 0.05) is 0 Å². The van der Waals surface area contributed by atoms with E-state index in [2.05, 4.69) is 95.6 Å². The molecule has 0 atom stereocenters. The number of rotatable bonds is 0. The van der Waals surface area contributed by atoms with Gasteiger partial charge in [-0.05, 0) is 0 Å². The Hall–Kier alpha value is 3.59. The summed E-state index contributed by atoms with van der Waals surface area (Å²) < 4.78 is 10.8. The topological polar surface area (TPSA) is 25.9 Å². The van der Waals surface area contributed by atoms with Crippen LogP contribution in [0.1, 0.15) is 55.4 Å². The molecule has 0 spiro atoms. The van der Waals surface area contributed by atoms with Gasteiger partial charge in [0.25, 0.3) is 0 Å². The van der Waals surface area contributed by atoms with Gasteiger partial charge in [0.15, 0.2) is 0 Å². The van der Waals surface area contributed by atoms with Crippen molar-refractivity contribution in [2.45, 2.75) is 55.4 Å². The van der Waals surface area contributed by atoms with Crippen LogP contribution in [0.25, 0.3) is 0 Å². The van der Waals surface area contributed by atoms with Crippen LogP contribution in [0.4, 0.5) is 0 Å². The van der Waals surface area contributed by atoms with Crippen LogP contribution in [0.15, 0.2) is 0 Å². The molecule has 4 heterocycles. The minimum absolute atomic E-state index is 1.14. The summed E-state index contributed by atoms with van der Waals surface area (Å²) >= 11 is 11.2. The molecule has 0 aromatic carbocycles. The van der Waals surface area contributed by atoms with Gasteiger partial charge < -0.3 is 0 Å². The van der Waals surface area contributed by atoms with Crippen molar-refractivity contribution in [1.29, 1.82) is 0 Å². The van der Waals surface area contributed by atoms with Gasteiger partial charge in [0.1, 0.15) is 0 Å². The fourth-order valence-electron chi connectivity index (χ4n) is 3.44. The number of nitrogens with zero attached hydrogens (tertiary/aromatic N) is 8. The van der Waals surface area contributed by atoms with Crippen molar-refractivity contribution in [3.8, 4) is 0 Å². The summed E-state index contributed by atoms with van der Waals surface area (Å²) in [6, 6.07) is 0. The van der Waals surface area contributed by atoms with Crippen molar-refractivity contribution in [1.82, 2.24) is 39.2 Å². The molecule has 4 fully saturated rings. The van der Waals surface area contributed by atoms with Crippen LogP contribution in [-0.4, -0.2) is 183 Å². The molecule has 0 unspecified atom stereocenters. The molecule has 4 aliphatic heterocycles. The second kappa shape index (κ2) is 35.3. The Morgan fingerprint density at radius 3 is 0.766 bits per heavy atom. The molecular weight excluding hydrogens is 1780 g/mol. The molecule has 0 N–H and O–H groups in total. The summed E-state index contributed by atoms with van der Waals surface area (Å²) in [6.07, 6.45) is 0. The van der Waals surface area contributed by atoms with E-state index in [9.17, 15) is 0 Å². The van der Waals surface area contributed by atoms with E-state index >= 15 is 0 Å². The van der Waals surface area contributed by atoms with Gasteiger partial charge >= 0.3 is 318 Å². The van der Waals surface area contributed by atoms with Crippen LogP contribution < -0.4 is 0 Å². The monoisotopic (exact) mass is 1850 g/mol. The van der Waals surface area contributed by atoms with E-state index in [0.717, 1.165) is 39.3 Å². The average Bonchev–Trinajstić information content (AvgIpc) is 3.04. The van der Waals surface area contributed by atoms with E-state index in [1.54, 1.807) is 164 Å². The zero-order valence-corrected chi connectivity index (χ0v) is 52.8. The molecule has 4 saturated heterocycles. The molecule has 4 rings (SSSR count). The van der Waals surface area contributed by atoms with E-state index in [-0.39, 0.29) is 0 Å². The normalized spacial score (nSPS) is 20.5. The van der Waals surface area contributed by atoms with Gasteiger partial charge in [0.05, 0.1) is 0 Å². The molecule has 0 amide bonds. The summed E-state index contributed by atoms with van der Waals surface area (Å²) in [6.45, 7) is 26.5. The summed E-state index contributed by atoms with van der Waals surface area (Å²) in [5.74, 6) is 0. The van der Waals surface area contributed by atoms with E-state index in [1.807, 2.05) is 55.4 Å². The Bertz CT molecular complexity index is 868. The van der Waals surface area contributed by atoms with Gasteiger partial charge in [-0.1, -0.05) is 55.4 Å². The van der Waals surface area contributed by atoms with E-state index < -0.39 is 0 Å². The van der Waals surface area contributed by atoms with Crippen LogP contribution >= 0.6 is 0 Å². The standard InChI is InChI=1S/C6H12N2.3C6H10N2.4C2H6.7W/c4*1-7-3-5-8(2)6-4-7;4*1-2;;;;;;;/h3-5H2,1-2H3;3,6H2,1-2H3;2*3-4H2,1-2H3;4*1-2H3;;;;;;;. The van der Waals surface area contributed by atoms with Crippen molar-refractivity contribution < 1.29 is 135 Å². The third-order valence-electron chi connectivity index (χ3n) is 6.36. The Kier molecular flexibility index (Phi) is 43.0. The van der Waals surface area contributed by atoms with Gasteiger partial charge in [-0.15, -0.1) is 0 Å². The van der Waals surface area contributed by atoms with E-state index in [0.29, 0.717) is 0 Å². The molecule has 0 aromatic heterocycles. The molecular formula is C32H66N8W7. The average molecular weight is 1850 g/mol. The number of piperazine rings is 4. The van der Waals surface area contributed by atoms with E-state index in [1.165, 1.54) is 19.6 Å². The first-order valence-electron chi connectivity index (χ1n) is 16.4. The van der Waals surface area contributed by atoms with Crippen molar-refractivity contribution in [3.05, 3.63) is 0 Å². The third kappa shape index (κ3) is 26.9. The summed E-state index contributed by atoms with van der Waals surface area (Å²) in [7, 11) is 17.4. The van der Waals surface area contributed by atoms with Gasteiger partial charge in [-0.25, -0.2) is 0 Å². The summed E-state index contributed by atoms with van der Waals surface area (Å²) in [5.41, 5.74) is 0. The first-order chi connectivity index (χ1) is 22.0. The first kappa shape index (κ1) is 57.3. The predicted octanol–water partition coefficient (Wildman–Crippen LogP) is 1.30. The minimum atomic E-state index is 1.14. The molecule has 0 aromatic rings. The van der Waals surface area contributed by atoms with Crippen LogP contribution in [0.3, 0.4) is 0 Å². The van der Waals surface area contributed by atoms with Gasteiger partial charge in [-0.2, -0.15) is 0 Å². The number of hydrogen-bond donors (Lipinski definition) is 0. The maximum atomic E-state index is 2.37. The number of likely N-dealkylation sites (N-methyl/N-ethyl adjacent to an activating group) is 8. The van der Waals surface area contributed by atoms with Crippen molar-refractivity contribution in [2.75, 3.05) is 115 Å². The Morgan fingerprint density at radius 1 is 0.298 bits per heavy atom. The van der Waals surface area contributed by atoms with Crippen LogP contribution in [-0.2, 0) is 135 Å². The van der Waals surface area contributed by atoms with Crippen molar-refractivity contribution in [2.24, 2.45) is 0 Å². The zero-order chi connectivity index (χ0) is 38.0. The van der Waals surface area contributed by atoms with Crippen LogP contribution in [0, 0.1) is 0 Å². The van der Waals surface area contributed by atoms with Crippen LogP contribution in [0.2, 0.25) is 0 Å². The Morgan fingerprint density at radius 2 is 0.532 bits per heavy atom. The molecule has 4 aliphatic rings. The van der Waals surface area contributed by atoms with Crippen molar-refractivity contribution >= 4 is 28.2 Å². The summed E-state index contributed by atoms with van der Waals surface area (Å²) in [4.78, 5) is 18.9. The second-order valence-corrected chi connectivity index (χ2v) is 21.9. The molecule has 47 heavy (non-hydrogen) atoms. The SMILES string of the molecule is CC.CC.CC.CC.CN1CCN(C)[C](=[W])C1.CN1C[C](=[W])N(C)C[C]1=[W].CN1C[C](=[W])N(C)[C](=[W])C1.CN1C[C](=[W])N(C)[C](=[W])C1. The molecule has 15 heteroatoms. The Labute approximate surface area is 368 Å². The Balaban J connectivity index is -0.000000244. The number of hydrogen-bond acceptors (Lipinski definition) is 8. The third-order valence-corrected chi connectivity index (χ3v) is 16.9. The second-order valence-electron chi connectivity index (χ2n) is 10.1. The maximum absolute atomic E-state index is 2.37. The fourth-order valence-corrected chi connectivity index (χ4v) is 13.0. The van der Waals surface area contributed by atoms with Gasteiger partial charge in [-0.3, -0.25) is 0 Å². The van der Waals surface area contributed by atoms with Crippen molar-refractivity contribution in [3.63, 3.8) is 0 Å². The van der Waals surface area contributed by atoms with Crippen LogP contribution in [0.5, 0.6) is 0 Å². The van der Waals surface area contributed by atoms with Gasteiger partial charge in [0.2, 0.25) is 0 Å². The molecule has 0 saturated carbocycles. The molecule has 8 nitrogen and oxygen atoms in total. The molecule has 0 radical (unpaired) electrons. The summed E-state index contributed by atoms with van der Waals surface area (Å²) in [5, 5.41) is 0. The van der Waals surface area contributed by atoms with E-state index in [4.69, 9.17) is 0 Å². The fraction of sp³-hybridized carbons (Fsp3) is 0.781. The molecule has 0 aliphatic carbocycles. The zero-order valence-electron chi connectivity index (χ0n) is 32.3. The molecule has 0 bridgehead atoms. The predicted molar refractivity (Wildman–Crippen MR) is 186 cm³/mol. The quantitative estimate of drug-likeness (QED) is 0.359. The molecule has 276 valence electrons.